The Kier molecular flexibility index (Phi) is 7.83. The summed E-state index contributed by atoms with van der Waals surface area (Å²) in [5.41, 5.74) is 0.968. The van der Waals surface area contributed by atoms with Gasteiger partial charge in [-0.15, -0.1) is 12.4 Å². The van der Waals surface area contributed by atoms with Crippen LogP contribution in [0, 0.1) is 0 Å². The molecule has 0 radical (unpaired) electrons. The van der Waals surface area contributed by atoms with Gasteiger partial charge in [-0.2, -0.15) is 12.6 Å². The van der Waals surface area contributed by atoms with E-state index >= 15 is 0 Å². The van der Waals surface area contributed by atoms with E-state index in [0.717, 1.165) is 54.4 Å². The van der Waals surface area contributed by atoms with Gasteiger partial charge in [-0.25, -0.2) is 0 Å². The summed E-state index contributed by atoms with van der Waals surface area (Å²) in [5.74, 6) is 0.366. The number of thiol groups is 1. The van der Waals surface area contributed by atoms with Gasteiger partial charge < -0.3 is 14.8 Å². The van der Waals surface area contributed by atoms with E-state index in [9.17, 15) is 4.79 Å². The van der Waals surface area contributed by atoms with Crippen molar-refractivity contribution in [1.82, 2.24) is 5.32 Å². The highest BCUT2D eigenvalue weighted by Gasteiger charge is 2.28. The molecule has 0 aromatic heterocycles. The molecule has 0 spiro atoms. The molecule has 1 aliphatic heterocycles. The predicted octanol–water partition coefficient (Wildman–Crippen LogP) is 4.36. The van der Waals surface area contributed by atoms with Gasteiger partial charge in [-0.05, 0) is 67.7 Å². The van der Waals surface area contributed by atoms with Crippen molar-refractivity contribution in [2.45, 2.75) is 36.9 Å². The summed E-state index contributed by atoms with van der Waals surface area (Å²) < 4.78 is 10.8. The molecule has 1 atom stereocenters. The summed E-state index contributed by atoms with van der Waals surface area (Å²) in [5, 5.41) is 5.52. The number of hydrogen-bond donors (Lipinski definition) is 2. The molecule has 6 heteroatoms. The minimum absolute atomic E-state index is 0. The van der Waals surface area contributed by atoms with Gasteiger partial charge in [0, 0.05) is 4.75 Å². The Labute approximate surface area is 172 Å². The van der Waals surface area contributed by atoms with Crippen molar-refractivity contribution < 1.29 is 14.3 Å². The molecule has 2 aromatic rings. The minimum Gasteiger partial charge on any atom is -0.497 e. The molecule has 1 heterocycles. The second kappa shape index (κ2) is 9.67. The quantitative estimate of drug-likeness (QED) is 0.549. The van der Waals surface area contributed by atoms with Gasteiger partial charge in [0.2, 0.25) is 0 Å². The second-order valence-corrected chi connectivity index (χ2v) is 8.03. The Morgan fingerprint density at radius 2 is 1.85 bits per heavy atom. The van der Waals surface area contributed by atoms with Crippen LogP contribution in [0.25, 0.3) is 10.8 Å². The summed E-state index contributed by atoms with van der Waals surface area (Å²) in [7, 11) is 1.66. The highest BCUT2D eigenvalue weighted by atomic mass is 35.5. The molecule has 0 unspecified atom stereocenters. The van der Waals surface area contributed by atoms with Crippen LogP contribution in [0.3, 0.4) is 0 Å². The van der Waals surface area contributed by atoms with Crippen molar-refractivity contribution in [3.05, 3.63) is 42.0 Å². The fraction of sp³-hybridized carbons (Fsp3) is 0.476. The zero-order chi connectivity index (χ0) is 18.6. The van der Waals surface area contributed by atoms with Crippen molar-refractivity contribution in [3.8, 4) is 5.75 Å². The molecular weight excluding hydrogens is 382 g/mol. The number of nitrogens with one attached hydrogen (secondary N) is 1. The first-order valence-electron chi connectivity index (χ1n) is 9.18. The van der Waals surface area contributed by atoms with Crippen LogP contribution in [0.2, 0.25) is 0 Å². The molecule has 0 amide bonds. The second-order valence-electron chi connectivity index (χ2n) is 7.09. The van der Waals surface area contributed by atoms with E-state index in [2.05, 4.69) is 5.32 Å². The zero-order valence-electron chi connectivity index (χ0n) is 15.9. The summed E-state index contributed by atoms with van der Waals surface area (Å²) in [4.78, 5) is 12.4. The Morgan fingerprint density at radius 3 is 2.56 bits per heavy atom. The maximum Gasteiger partial charge on any atom is 0.313 e. The first kappa shape index (κ1) is 21.9. The standard InChI is InChI=1S/C21H27NO3S.ClH/c1-15(20(23)25-12-9-21(26)7-10-22-11-8-21)16-3-4-18-14-19(24-2)6-5-17(18)13-16;/h3-6,13-15,22,26H,7-12H2,1-2H3;1H/t15-;/m0./s1. The van der Waals surface area contributed by atoms with Gasteiger partial charge >= 0.3 is 5.97 Å². The number of carbonyl (C=O) groups is 1. The molecule has 148 valence electrons. The Morgan fingerprint density at radius 1 is 1.19 bits per heavy atom. The summed E-state index contributed by atoms with van der Waals surface area (Å²) >= 11 is 4.79. The van der Waals surface area contributed by atoms with Crippen molar-refractivity contribution >= 4 is 41.8 Å². The van der Waals surface area contributed by atoms with E-state index in [1.54, 1.807) is 7.11 Å². The maximum atomic E-state index is 12.4. The number of esters is 1. The number of ether oxygens (including phenoxy) is 2. The normalized spacial score (nSPS) is 17.0. The van der Waals surface area contributed by atoms with Gasteiger partial charge in [-0.3, -0.25) is 4.79 Å². The third-order valence-corrected chi connectivity index (χ3v) is 5.94. The molecule has 3 rings (SSSR count). The number of halogens is 1. The molecule has 0 aliphatic carbocycles. The number of hydrogen-bond acceptors (Lipinski definition) is 5. The van der Waals surface area contributed by atoms with Crippen molar-refractivity contribution in [1.29, 1.82) is 0 Å². The molecule has 27 heavy (non-hydrogen) atoms. The lowest BCUT2D eigenvalue weighted by Gasteiger charge is -2.32. The Balaban J connectivity index is 0.00000261. The molecule has 1 N–H and O–H groups in total. The summed E-state index contributed by atoms with van der Waals surface area (Å²) in [6, 6.07) is 12.0. The van der Waals surface area contributed by atoms with E-state index in [1.165, 1.54) is 0 Å². The first-order valence-corrected chi connectivity index (χ1v) is 9.63. The lowest BCUT2D eigenvalue weighted by Crippen LogP contribution is -2.38. The molecule has 0 bridgehead atoms. The van der Waals surface area contributed by atoms with Crippen LogP contribution in [-0.2, 0) is 9.53 Å². The van der Waals surface area contributed by atoms with E-state index in [-0.39, 0.29) is 29.0 Å². The predicted molar refractivity (Wildman–Crippen MR) is 116 cm³/mol. The van der Waals surface area contributed by atoms with Crippen molar-refractivity contribution in [2.75, 3.05) is 26.8 Å². The lowest BCUT2D eigenvalue weighted by molar-refractivity contribution is -0.145. The van der Waals surface area contributed by atoms with Crippen LogP contribution in [0.15, 0.2) is 36.4 Å². The molecule has 2 aromatic carbocycles. The van der Waals surface area contributed by atoms with E-state index in [1.807, 2.05) is 43.3 Å². The van der Waals surface area contributed by atoms with Gasteiger partial charge in [0.25, 0.3) is 0 Å². The van der Waals surface area contributed by atoms with E-state index < -0.39 is 0 Å². The number of benzene rings is 2. The van der Waals surface area contributed by atoms with Gasteiger partial charge in [0.15, 0.2) is 0 Å². The van der Waals surface area contributed by atoms with Gasteiger partial charge in [0.05, 0.1) is 19.6 Å². The zero-order valence-corrected chi connectivity index (χ0v) is 17.6. The molecule has 4 nitrogen and oxygen atoms in total. The van der Waals surface area contributed by atoms with E-state index in [4.69, 9.17) is 22.1 Å². The molecule has 0 saturated carbocycles. The fourth-order valence-corrected chi connectivity index (χ4v) is 3.70. The Bertz CT molecular complexity index is 777. The van der Waals surface area contributed by atoms with Crippen LogP contribution in [0.4, 0.5) is 0 Å². The average Bonchev–Trinajstić information content (AvgIpc) is 2.66. The number of rotatable bonds is 6. The first-order chi connectivity index (χ1) is 12.5. The van der Waals surface area contributed by atoms with Crippen LogP contribution in [0.5, 0.6) is 5.75 Å². The maximum absolute atomic E-state index is 12.4. The minimum atomic E-state index is -0.287. The molecule has 1 fully saturated rings. The van der Waals surface area contributed by atoms with Gasteiger partial charge in [-0.1, -0.05) is 24.3 Å². The van der Waals surface area contributed by atoms with E-state index in [0.29, 0.717) is 6.61 Å². The summed E-state index contributed by atoms with van der Waals surface area (Å²) in [6.45, 7) is 4.29. The van der Waals surface area contributed by atoms with Gasteiger partial charge in [0.1, 0.15) is 5.75 Å². The third kappa shape index (κ3) is 5.53. The molecular formula is C21H28ClNO3S. The molecule has 1 aliphatic rings. The third-order valence-electron chi connectivity index (χ3n) is 5.27. The Hall–Kier alpha value is -1.43. The van der Waals surface area contributed by atoms with Crippen molar-refractivity contribution in [2.24, 2.45) is 0 Å². The highest BCUT2D eigenvalue weighted by molar-refractivity contribution is 7.81. The largest absolute Gasteiger partial charge is 0.497 e. The van der Waals surface area contributed by atoms with Crippen molar-refractivity contribution in [3.63, 3.8) is 0 Å². The monoisotopic (exact) mass is 409 g/mol. The number of methoxy groups -OCH3 is 1. The lowest BCUT2D eigenvalue weighted by atomic mass is 9.93. The topological polar surface area (TPSA) is 47.6 Å². The smallest absolute Gasteiger partial charge is 0.313 e. The highest BCUT2D eigenvalue weighted by Crippen LogP contribution is 2.30. The molecule has 1 saturated heterocycles. The van der Waals surface area contributed by atoms with Crippen LogP contribution in [-0.4, -0.2) is 37.5 Å². The number of carbonyl (C=O) groups excluding carboxylic acids is 1. The number of piperidine rings is 1. The fourth-order valence-electron chi connectivity index (χ4n) is 3.38. The van der Waals surface area contributed by atoms with Crippen LogP contribution >= 0.6 is 25.0 Å². The number of fused-ring (bicyclic) bond motifs is 1. The SMILES string of the molecule is COc1ccc2cc([C@H](C)C(=O)OCCC3(S)CCNCC3)ccc2c1.Cl. The average molecular weight is 410 g/mol. The van der Waals surface area contributed by atoms with Crippen LogP contribution in [0.1, 0.15) is 37.7 Å². The van der Waals surface area contributed by atoms with Crippen LogP contribution < -0.4 is 10.1 Å². The summed E-state index contributed by atoms with van der Waals surface area (Å²) in [6.07, 6.45) is 2.82.